The summed E-state index contributed by atoms with van der Waals surface area (Å²) in [5.41, 5.74) is 9.55. The van der Waals surface area contributed by atoms with Crippen LogP contribution >= 0.6 is 0 Å². The van der Waals surface area contributed by atoms with Crippen molar-refractivity contribution in [1.29, 1.82) is 0 Å². The number of nitrogens with zero attached hydrogens (tertiary/aromatic N) is 3. The minimum absolute atomic E-state index is 0.119. The van der Waals surface area contributed by atoms with E-state index in [1.807, 2.05) is 0 Å². The number of anilines is 2. The van der Waals surface area contributed by atoms with Crippen LogP contribution in [0.15, 0.2) is 157 Å². The van der Waals surface area contributed by atoms with Crippen LogP contribution in [0.3, 0.4) is 0 Å². The average Bonchev–Trinajstić information content (AvgIpc) is 3.14. The maximum atomic E-state index is 2.53. The Bertz CT molecular complexity index is 1960. The molecule has 1 aromatic heterocycles. The van der Waals surface area contributed by atoms with E-state index >= 15 is 0 Å². The molecule has 0 fully saturated rings. The first-order valence-corrected chi connectivity index (χ1v) is 13.9. The second-order valence-electron chi connectivity index (χ2n) is 10.4. The molecule has 1 unspecified atom stereocenters. The summed E-state index contributed by atoms with van der Waals surface area (Å²) in [5.74, 6) is 0. The average molecular weight is 515 g/mol. The fraction of sp³-hybridized carbons (Fsp3) is 0.0541. The van der Waals surface area contributed by atoms with Crippen molar-refractivity contribution < 1.29 is 0 Å². The van der Waals surface area contributed by atoms with Gasteiger partial charge in [-0.15, -0.1) is 0 Å². The van der Waals surface area contributed by atoms with Gasteiger partial charge in [0.2, 0.25) is 17.1 Å². The fourth-order valence-corrected chi connectivity index (χ4v) is 6.37. The summed E-state index contributed by atoms with van der Waals surface area (Å²) in [5, 5.41) is 2.54. The lowest BCUT2D eigenvalue weighted by atomic mass is 10.0. The zero-order valence-corrected chi connectivity index (χ0v) is 22.1. The molecule has 40 heavy (non-hydrogen) atoms. The van der Waals surface area contributed by atoms with E-state index in [-0.39, 0.29) is 6.04 Å². The molecule has 0 N–H and O–H groups in total. The number of para-hydroxylation sites is 3. The van der Waals surface area contributed by atoms with Crippen LogP contribution in [0.2, 0.25) is 0 Å². The van der Waals surface area contributed by atoms with Crippen molar-refractivity contribution in [2.45, 2.75) is 12.5 Å². The van der Waals surface area contributed by atoms with Crippen molar-refractivity contribution in [2.24, 2.45) is 0 Å². The van der Waals surface area contributed by atoms with E-state index in [0.29, 0.717) is 0 Å². The molecule has 190 valence electrons. The number of hydrogen-bond acceptors (Lipinski definition) is 1. The molecule has 2 heterocycles. The van der Waals surface area contributed by atoms with Crippen LogP contribution in [0.4, 0.5) is 22.7 Å². The summed E-state index contributed by atoms with van der Waals surface area (Å²) >= 11 is 0. The fourth-order valence-electron chi connectivity index (χ4n) is 6.37. The normalized spacial score (nSPS) is 17.3. The van der Waals surface area contributed by atoms with Crippen molar-refractivity contribution >= 4 is 50.3 Å². The third kappa shape index (κ3) is 3.48. The van der Waals surface area contributed by atoms with Gasteiger partial charge in [-0.2, -0.15) is 4.58 Å². The quantitative estimate of drug-likeness (QED) is 0.218. The third-order valence-electron chi connectivity index (χ3n) is 8.03. The number of allylic oxidation sites excluding steroid dienone is 9. The molecule has 3 aliphatic rings. The predicted molar refractivity (Wildman–Crippen MR) is 169 cm³/mol. The molecule has 0 saturated carbocycles. The number of rotatable bonds is 4. The zero-order valence-electron chi connectivity index (χ0n) is 22.1. The summed E-state index contributed by atoms with van der Waals surface area (Å²) in [4.78, 5) is 2.38. The molecular formula is C37H28N3+. The van der Waals surface area contributed by atoms with Gasteiger partial charge in [0.05, 0.1) is 11.2 Å². The SMILES string of the molecule is C1=CCC=CC(N(c2ccccc2)c2cc3c4c(c2)c2ccccc2n4C2C=CC=CC2=[N+]3c2ccccc2)=C1. The van der Waals surface area contributed by atoms with Gasteiger partial charge in [-0.25, -0.2) is 0 Å². The maximum Gasteiger partial charge on any atom is 0.238 e. The number of benzene rings is 4. The van der Waals surface area contributed by atoms with Crippen LogP contribution in [-0.4, -0.2) is 10.3 Å². The summed E-state index contributed by atoms with van der Waals surface area (Å²) in [6.07, 6.45) is 20.9. The minimum atomic E-state index is 0.119. The largest absolute Gasteiger partial charge is 0.318 e. The third-order valence-corrected chi connectivity index (χ3v) is 8.03. The standard InChI is InChI=1S/C37H28N3/c1-2-6-16-27(15-5-1)38(28-17-7-3-8-18-28)30-25-32-31-21-11-12-22-33(31)40-35-24-14-13-23-34(35)39(36(26-30)37(32)40)29-19-9-4-10-20-29/h1,3-26,35H,2H2/q+1. The molecule has 0 saturated heterocycles. The van der Waals surface area contributed by atoms with Crippen LogP contribution in [0, 0.1) is 0 Å². The maximum absolute atomic E-state index is 2.53. The lowest BCUT2D eigenvalue weighted by Gasteiger charge is -2.28. The first-order valence-electron chi connectivity index (χ1n) is 13.9. The lowest BCUT2D eigenvalue weighted by Crippen LogP contribution is -2.30. The van der Waals surface area contributed by atoms with Gasteiger partial charge in [-0.3, -0.25) is 0 Å². The first kappa shape index (κ1) is 22.8. The van der Waals surface area contributed by atoms with E-state index in [0.717, 1.165) is 23.5 Å². The van der Waals surface area contributed by atoms with Gasteiger partial charge in [0.25, 0.3) is 0 Å². The number of hydrogen-bond donors (Lipinski definition) is 0. The highest BCUT2D eigenvalue weighted by Gasteiger charge is 2.38. The Labute approximate surface area is 233 Å². The first-order chi connectivity index (χ1) is 19.9. The van der Waals surface area contributed by atoms with Crippen molar-refractivity contribution in [3.63, 3.8) is 0 Å². The molecular weight excluding hydrogens is 486 g/mol. The van der Waals surface area contributed by atoms with Crippen molar-refractivity contribution in [2.75, 3.05) is 4.90 Å². The van der Waals surface area contributed by atoms with Gasteiger partial charge in [-0.1, -0.05) is 91.1 Å². The molecule has 1 atom stereocenters. The Morgan fingerprint density at radius 2 is 1.50 bits per heavy atom. The Morgan fingerprint density at radius 3 is 2.38 bits per heavy atom. The molecule has 2 aliphatic carbocycles. The van der Waals surface area contributed by atoms with E-state index in [1.165, 1.54) is 38.9 Å². The summed E-state index contributed by atoms with van der Waals surface area (Å²) in [7, 11) is 0. The van der Waals surface area contributed by atoms with Gasteiger partial charge in [0, 0.05) is 46.4 Å². The summed E-state index contributed by atoms with van der Waals surface area (Å²) < 4.78 is 4.98. The van der Waals surface area contributed by atoms with Gasteiger partial charge in [-0.05, 0) is 42.8 Å². The van der Waals surface area contributed by atoms with Crippen LogP contribution in [-0.2, 0) is 0 Å². The molecule has 5 aromatic rings. The van der Waals surface area contributed by atoms with Crippen LogP contribution in [0.5, 0.6) is 0 Å². The van der Waals surface area contributed by atoms with Gasteiger partial charge < -0.3 is 9.47 Å². The van der Waals surface area contributed by atoms with E-state index in [4.69, 9.17) is 0 Å². The number of aromatic nitrogens is 1. The molecule has 1 aliphatic heterocycles. The molecule has 0 spiro atoms. The van der Waals surface area contributed by atoms with E-state index in [9.17, 15) is 0 Å². The number of fused-ring (bicyclic) bond motifs is 5. The Morgan fingerprint density at radius 1 is 0.700 bits per heavy atom. The highest BCUT2D eigenvalue weighted by molar-refractivity contribution is 6.19. The summed E-state index contributed by atoms with van der Waals surface area (Å²) in [6, 6.07) is 35.2. The smallest absolute Gasteiger partial charge is 0.238 e. The lowest BCUT2D eigenvalue weighted by molar-refractivity contribution is 0.781. The molecule has 3 nitrogen and oxygen atoms in total. The highest BCUT2D eigenvalue weighted by atomic mass is 15.2. The molecule has 0 amide bonds. The molecule has 0 bridgehead atoms. The van der Waals surface area contributed by atoms with Crippen LogP contribution in [0.1, 0.15) is 12.5 Å². The zero-order chi connectivity index (χ0) is 26.5. The van der Waals surface area contributed by atoms with E-state index < -0.39 is 0 Å². The van der Waals surface area contributed by atoms with Crippen molar-refractivity contribution in [3.8, 4) is 0 Å². The van der Waals surface area contributed by atoms with Crippen molar-refractivity contribution in [3.05, 3.63) is 157 Å². The van der Waals surface area contributed by atoms with E-state index in [2.05, 4.69) is 166 Å². The molecule has 3 heteroatoms. The molecule has 4 aromatic carbocycles. The second-order valence-corrected chi connectivity index (χ2v) is 10.4. The van der Waals surface area contributed by atoms with E-state index in [1.54, 1.807) is 0 Å². The molecule has 0 radical (unpaired) electrons. The van der Waals surface area contributed by atoms with Gasteiger partial charge >= 0.3 is 0 Å². The Balaban J connectivity index is 1.50. The topological polar surface area (TPSA) is 11.2 Å². The van der Waals surface area contributed by atoms with Crippen LogP contribution in [0.25, 0.3) is 21.8 Å². The second kappa shape index (κ2) is 9.25. The predicted octanol–water partition coefficient (Wildman–Crippen LogP) is 9.29. The minimum Gasteiger partial charge on any atom is -0.318 e. The summed E-state index contributed by atoms with van der Waals surface area (Å²) in [6.45, 7) is 0. The Hall–Kier alpha value is -5.15. The monoisotopic (exact) mass is 514 g/mol. The van der Waals surface area contributed by atoms with Crippen LogP contribution < -0.4 is 9.48 Å². The van der Waals surface area contributed by atoms with Gasteiger partial charge in [0.1, 0.15) is 11.6 Å². The van der Waals surface area contributed by atoms with Gasteiger partial charge in [0.15, 0.2) is 0 Å². The Kier molecular flexibility index (Phi) is 5.27. The van der Waals surface area contributed by atoms with Crippen molar-refractivity contribution in [1.82, 2.24) is 9.14 Å². The molecule has 8 rings (SSSR count). The highest BCUT2D eigenvalue weighted by Crippen LogP contribution is 2.46.